The zero-order valence-electron chi connectivity index (χ0n) is 18.0. The molecule has 1 aromatic carbocycles. The Kier molecular flexibility index (Phi) is 5.81. The van der Waals surface area contributed by atoms with Crippen LogP contribution in [0.3, 0.4) is 0 Å². The summed E-state index contributed by atoms with van der Waals surface area (Å²) >= 11 is 1.39. The van der Waals surface area contributed by atoms with E-state index in [0.29, 0.717) is 5.56 Å². The van der Waals surface area contributed by atoms with Crippen molar-refractivity contribution in [1.82, 2.24) is 10.2 Å². The quantitative estimate of drug-likeness (QED) is 0.558. The van der Waals surface area contributed by atoms with Gasteiger partial charge < -0.3 is 26.0 Å². The fraction of sp³-hybridized carbons (Fsp3) is 0.571. The summed E-state index contributed by atoms with van der Waals surface area (Å²) in [6.07, 6.45) is 0. The van der Waals surface area contributed by atoms with Gasteiger partial charge in [0, 0.05) is 29.1 Å². The molecule has 8 nitrogen and oxygen atoms in total. The summed E-state index contributed by atoms with van der Waals surface area (Å²) < 4.78 is -0.661. The Balaban J connectivity index is 1.82. The van der Waals surface area contributed by atoms with Gasteiger partial charge in [-0.1, -0.05) is 18.2 Å². The molecule has 0 saturated carbocycles. The van der Waals surface area contributed by atoms with E-state index in [4.69, 9.17) is 5.73 Å². The number of carbonyl (C=O) groups excluding carboxylic acids is 2. The van der Waals surface area contributed by atoms with E-state index in [0.717, 1.165) is 18.8 Å². The minimum Gasteiger partial charge on any atom is -0.480 e. The van der Waals surface area contributed by atoms with Crippen LogP contribution in [0.25, 0.3) is 0 Å². The Labute approximate surface area is 181 Å². The first-order valence-electron chi connectivity index (χ1n) is 10.1. The van der Waals surface area contributed by atoms with Gasteiger partial charge in [-0.3, -0.25) is 9.59 Å². The number of thioether (sulfide) groups is 1. The van der Waals surface area contributed by atoms with Crippen LogP contribution in [0.1, 0.15) is 46.2 Å². The highest BCUT2D eigenvalue weighted by Crippen LogP contribution is 2.54. The van der Waals surface area contributed by atoms with Gasteiger partial charge in [0.15, 0.2) is 0 Å². The van der Waals surface area contributed by atoms with Crippen LogP contribution in [0.15, 0.2) is 24.3 Å². The van der Waals surface area contributed by atoms with E-state index in [2.05, 4.69) is 10.2 Å². The summed E-state index contributed by atoms with van der Waals surface area (Å²) in [6, 6.07) is 5.61. The molecule has 3 rings (SSSR count). The van der Waals surface area contributed by atoms with Gasteiger partial charge in [-0.2, -0.15) is 0 Å². The van der Waals surface area contributed by atoms with Crippen molar-refractivity contribution < 1.29 is 19.5 Å². The van der Waals surface area contributed by atoms with Gasteiger partial charge >= 0.3 is 5.97 Å². The number of amides is 2. The number of carboxylic acids is 1. The molecule has 1 aromatic rings. The predicted octanol–water partition coefficient (Wildman–Crippen LogP) is 1.55. The highest BCUT2D eigenvalue weighted by molar-refractivity contribution is 8.01. The summed E-state index contributed by atoms with van der Waals surface area (Å²) in [6.45, 7) is 10.9. The summed E-state index contributed by atoms with van der Waals surface area (Å²) in [5, 5.41) is 12.0. The number of nitrogens with zero attached hydrogens (tertiary/aromatic N) is 2. The van der Waals surface area contributed by atoms with Gasteiger partial charge in [-0.25, -0.2) is 4.79 Å². The monoisotopic (exact) mass is 434 g/mol. The van der Waals surface area contributed by atoms with E-state index in [1.165, 1.54) is 16.7 Å². The zero-order chi connectivity index (χ0) is 22.4. The van der Waals surface area contributed by atoms with Crippen molar-refractivity contribution in [2.45, 2.75) is 62.4 Å². The minimum atomic E-state index is -1.19. The molecule has 0 radical (unpaired) electrons. The lowest BCUT2D eigenvalue weighted by Gasteiger charge is -2.51. The van der Waals surface area contributed by atoms with Crippen molar-refractivity contribution in [2.24, 2.45) is 5.73 Å². The number of nitrogens with one attached hydrogen (secondary N) is 1. The third-order valence-electron chi connectivity index (χ3n) is 6.05. The number of β-lactam (4-membered cyclic amide) rings is 1. The number of nitrogens with two attached hydrogens (primary N) is 1. The number of hydrogen-bond donors (Lipinski definition) is 3. The van der Waals surface area contributed by atoms with Crippen LogP contribution in [0.2, 0.25) is 0 Å². The van der Waals surface area contributed by atoms with E-state index in [-0.39, 0.29) is 0 Å². The number of hydrogen-bond acceptors (Lipinski definition) is 6. The number of para-hydroxylation sites is 1. The van der Waals surface area contributed by atoms with Gasteiger partial charge in [0.2, 0.25) is 5.91 Å². The van der Waals surface area contributed by atoms with Crippen molar-refractivity contribution in [3.05, 3.63) is 29.8 Å². The molecule has 2 unspecified atom stereocenters. The maximum Gasteiger partial charge on any atom is 0.327 e. The SMILES string of the molecule is CCN(CC)c1ccccc1C(N)C(=O)NC1(C)C(=O)N2[C@@H](C(=O)O)C(C)(C)S[C@@H]21. The molecule has 2 saturated heterocycles. The fourth-order valence-corrected chi connectivity index (χ4v) is 6.06. The van der Waals surface area contributed by atoms with Crippen molar-refractivity contribution in [1.29, 1.82) is 0 Å². The van der Waals surface area contributed by atoms with E-state index in [1.807, 2.05) is 38.1 Å². The Morgan fingerprint density at radius 2 is 1.87 bits per heavy atom. The molecule has 2 fully saturated rings. The van der Waals surface area contributed by atoms with Crippen LogP contribution in [0.5, 0.6) is 0 Å². The normalized spacial score (nSPS) is 27.8. The minimum absolute atomic E-state index is 0.393. The molecule has 2 aliphatic rings. The Morgan fingerprint density at radius 1 is 1.27 bits per heavy atom. The number of rotatable bonds is 7. The Bertz CT molecular complexity index is 872. The van der Waals surface area contributed by atoms with Crippen LogP contribution >= 0.6 is 11.8 Å². The van der Waals surface area contributed by atoms with E-state index >= 15 is 0 Å². The van der Waals surface area contributed by atoms with Crippen LogP contribution in [0, 0.1) is 0 Å². The third kappa shape index (κ3) is 3.33. The average molecular weight is 435 g/mol. The molecular weight excluding hydrogens is 404 g/mol. The number of aliphatic carboxylic acids is 1. The molecule has 0 aliphatic carbocycles. The number of carboxylic acid groups (broad SMARTS) is 1. The molecule has 2 aliphatic heterocycles. The zero-order valence-corrected chi connectivity index (χ0v) is 18.8. The maximum atomic E-state index is 13.1. The molecule has 2 amide bonds. The first kappa shape index (κ1) is 22.4. The van der Waals surface area contributed by atoms with E-state index in [1.54, 1.807) is 20.8 Å². The highest BCUT2D eigenvalue weighted by Gasteiger charge is 2.70. The molecule has 4 atom stereocenters. The Hall–Kier alpha value is -2.26. The number of fused-ring (bicyclic) bond motifs is 1. The lowest BCUT2D eigenvalue weighted by molar-refractivity contribution is -0.168. The first-order chi connectivity index (χ1) is 14.0. The molecule has 164 valence electrons. The number of anilines is 1. The molecule has 0 spiro atoms. The predicted molar refractivity (Wildman–Crippen MR) is 117 cm³/mol. The average Bonchev–Trinajstić information content (AvgIpc) is 2.98. The van der Waals surface area contributed by atoms with Crippen molar-refractivity contribution in [3.63, 3.8) is 0 Å². The molecule has 0 bridgehead atoms. The lowest BCUT2D eigenvalue weighted by Crippen LogP contribution is -2.78. The van der Waals surface area contributed by atoms with E-state index in [9.17, 15) is 19.5 Å². The number of benzene rings is 1. The van der Waals surface area contributed by atoms with Gasteiger partial charge in [-0.15, -0.1) is 11.8 Å². The highest BCUT2D eigenvalue weighted by atomic mass is 32.2. The molecule has 9 heteroatoms. The van der Waals surface area contributed by atoms with Crippen molar-refractivity contribution in [3.8, 4) is 0 Å². The van der Waals surface area contributed by atoms with Crippen LogP contribution in [0.4, 0.5) is 5.69 Å². The van der Waals surface area contributed by atoms with Gasteiger partial charge in [-0.05, 0) is 40.7 Å². The second-order valence-corrected chi connectivity index (χ2v) is 10.2. The van der Waals surface area contributed by atoms with E-state index < -0.39 is 45.5 Å². The summed E-state index contributed by atoms with van der Waals surface area (Å²) in [4.78, 5) is 41.2. The molecule has 4 N–H and O–H groups in total. The van der Waals surface area contributed by atoms with Crippen molar-refractivity contribution >= 4 is 35.2 Å². The summed E-state index contributed by atoms with van der Waals surface area (Å²) in [7, 11) is 0. The van der Waals surface area contributed by atoms with Crippen LogP contribution in [-0.2, 0) is 14.4 Å². The molecule has 2 heterocycles. The van der Waals surface area contributed by atoms with Gasteiger partial charge in [0.05, 0.1) is 0 Å². The van der Waals surface area contributed by atoms with Gasteiger partial charge in [0.1, 0.15) is 23.0 Å². The van der Waals surface area contributed by atoms with Crippen LogP contribution < -0.4 is 16.0 Å². The lowest BCUT2D eigenvalue weighted by atomic mass is 9.85. The van der Waals surface area contributed by atoms with Crippen molar-refractivity contribution in [2.75, 3.05) is 18.0 Å². The molecule has 30 heavy (non-hydrogen) atoms. The summed E-state index contributed by atoms with van der Waals surface area (Å²) in [5.41, 5.74) is 6.71. The second kappa shape index (κ2) is 7.77. The largest absolute Gasteiger partial charge is 0.480 e. The fourth-order valence-electron chi connectivity index (χ4n) is 4.42. The number of carbonyl (C=O) groups is 3. The molecule has 0 aromatic heterocycles. The second-order valence-electron chi connectivity index (χ2n) is 8.43. The Morgan fingerprint density at radius 3 is 2.43 bits per heavy atom. The maximum absolute atomic E-state index is 13.1. The summed E-state index contributed by atoms with van der Waals surface area (Å²) in [5.74, 6) is -1.89. The standard InChI is InChI=1S/C21H30N4O4S/c1-6-24(7-2)13-11-9-8-10-12(13)14(22)16(26)23-21(5)18(29)25-15(17(27)28)20(3,4)30-19(21)25/h8-11,14-15,19H,6-7,22H2,1-5H3,(H,23,26)(H,27,28)/t14?,15-,19+,21?/m0/s1. The molecular formula is C21H30N4O4S. The van der Waals surface area contributed by atoms with Crippen LogP contribution in [-0.4, -0.2) is 62.6 Å². The first-order valence-corrected chi connectivity index (χ1v) is 11.0. The topological polar surface area (TPSA) is 116 Å². The smallest absolute Gasteiger partial charge is 0.327 e. The third-order valence-corrected chi connectivity index (χ3v) is 7.81. The van der Waals surface area contributed by atoms with Gasteiger partial charge in [0.25, 0.3) is 5.91 Å².